The van der Waals surface area contributed by atoms with Gasteiger partial charge in [-0.2, -0.15) is 0 Å². The van der Waals surface area contributed by atoms with Crippen molar-refractivity contribution in [3.8, 4) is 17.0 Å². The fourth-order valence-electron chi connectivity index (χ4n) is 2.31. The van der Waals surface area contributed by atoms with E-state index in [0.717, 1.165) is 5.56 Å². The first-order valence-electron chi connectivity index (χ1n) is 7.44. The molecule has 2 aromatic carbocycles. The molecule has 0 unspecified atom stereocenters. The highest BCUT2D eigenvalue weighted by atomic mass is 32.1. The maximum Gasteiger partial charge on any atom is 0.308 e. The molecule has 0 aliphatic heterocycles. The van der Waals surface area contributed by atoms with Crippen LogP contribution in [0.2, 0.25) is 0 Å². The molecular formula is C18H15FN2O3S. The standard InChI is InChI=1S/C18H15FN2O3S/c1-24-12-8-6-11(7-9-12)17-15(10-16(22)23)25-18(21-17)20-14-5-3-2-4-13(14)19/h2-9H,10H2,1H3,(H,20,21)(H,22,23). The Morgan fingerprint density at radius 3 is 2.60 bits per heavy atom. The molecule has 25 heavy (non-hydrogen) atoms. The van der Waals surface area contributed by atoms with E-state index in [0.29, 0.717) is 27.1 Å². The number of nitrogens with one attached hydrogen (secondary N) is 1. The molecule has 0 radical (unpaired) electrons. The number of rotatable bonds is 6. The molecule has 7 heteroatoms. The zero-order chi connectivity index (χ0) is 17.8. The Morgan fingerprint density at radius 2 is 1.96 bits per heavy atom. The number of methoxy groups -OCH3 is 1. The first kappa shape index (κ1) is 16.9. The van der Waals surface area contributed by atoms with Crippen LogP contribution in [0.5, 0.6) is 5.75 Å². The van der Waals surface area contributed by atoms with Crippen LogP contribution in [-0.2, 0) is 11.2 Å². The fraction of sp³-hybridized carbons (Fsp3) is 0.111. The lowest BCUT2D eigenvalue weighted by Gasteiger charge is -2.03. The number of aromatic nitrogens is 1. The maximum atomic E-state index is 13.8. The molecule has 0 atom stereocenters. The van der Waals surface area contributed by atoms with Crippen molar-refractivity contribution in [3.05, 3.63) is 59.2 Å². The minimum atomic E-state index is -0.948. The van der Waals surface area contributed by atoms with Crippen molar-refractivity contribution >= 4 is 28.1 Å². The largest absolute Gasteiger partial charge is 0.497 e. The van der Waals surface area contributed by atoms with Gasteiger partial charge in [0, 0.05) is 10.4 Å². The minimum Gasteiger partial charge on any atom is -0.497 e. The van der Waals surface area contributed by atoms with Crippen molar-refractivity contribution in [2.24, 2.45) is 0 Å². The number of halogens is 1. The van der Waals surface area contributed by atoms with Gasteiger partial charge in [-0.05, 0) is 36.4 Å². The maximum absolute atomic E-state index is 13.8. The number of anilines is 2. The molecule has 0 aliphatic carbocycles. The summed E-state index contributed by atoms with van der Waals surface area (Å²) in [5, 5.41) is 12.5. The Labute approximate surface area is 147 Å². The van der Waals surface area contributed by atoms with Crippen molar-refractivity contribution in [2.75, 3.05) is 12.4 Å². The molecular weight excluding hydrogens is 343 g/mol. The Kier molecular flexibility index (Phi) is 4.95. The average Bonchev–Trinajstić information content (AvgIpc) is 2.98. The van der Waals surface area contributed by atoms with E-state index >= 15 is 0 Å². The molecule has 2 N–H and O–H groups in total. The molecule has 1 aromatic heterocycles. The Bertz CT molecular complexity index is 894. The van der Waals surface area contributed by atoms with Gasteiger partial charge < -0.3 is 15.2 Å². The van der Waals surface area contributed by atoms with Gasteiger partial charge in [-0.1, -0.05) is 12.1 Å². The number of nitrogens with zero attached hydrogens (tertiary/aromatic N) is 1. The summed E-state index contributed by atoms with van der Waals surface area (Å²) < 4.78 is 18.9. The summed E-state index contributed by atoms with van der Waals surface area (Å²) in [6, 6.07) is 13.4. The third kappa shape index (κ3) is 3.95. The Morgan fingerprint density at radius 1 is 1.24 bits per heavy atom. The molecule has 0 aliphatic rings. The summed E-state index contributed by atoms with van der Waals surface area (Å²) >= 11 is 1.20. The highest BCUT2D eigenvalue weighted by Gasteiger charge is 2.16. The number of thiazole rings is 1. The van der Waals surface area contributed by atoms with Gasteiger partial charge in [0.15, 0.2) is 5.13 Å². The number of aliphatic carboxylic acids is 1. The predicted octanol–water partition coefficient (Wildman–Crippen LogP) is 4.33. The van der Waals surface area contributed by atoms with Crippen LogP contribution in [0.4, 0.5) is 15.2 Å². The van der Waals surface area contributed by atoms with Gasteiger partial charge in [-0.25, -0.2) is 9.37 Å². The number of carboxylic acid groups (broad SMARTS) is 1. The van der Waals surface area contributed by atoms with E-state index in [1.807, 2.05) is 12.1 Å². The van der Waals surface area contributed by atoms with E-state index in [1.54, 1.807) is 37.4 Å². The Balaban J connectivity index is 1.97. The molecule has 0 saturated carbocycles. The van der Waals surface area contributed by atoms with Gasteiger partial charge in [-0.3, -0.25) is 4.79 Å². The van der Waals surface area contributed by atoms with Gasteiger partial charge in [0.2, 0.25) is 0 Å². The van der Waals surface area contributed by atoms with Crippen molar-refractivity contribution < 1.29 is 19.0 Å². The van der Waals surface area contributed by atoms with E-state index in [9.17, 15) is 9.18 Å². The van der Waals surface area contributed by atoms with Crippen molar-refractivity contribution in [1.29, 1.82) is 0 Å². The van der Waals surface area contributed by atoms with Crippen LogP contribution >= 0.6 is 11.3 Å². The normalized spacial score (nSPS) is 10.5. The summed E-state index contributed by atoms with van der Waals surface area (Å²) in [6.07, 6.45) is -0.155. The van der Waals surface area contributed by atoms with Crippen LogP contribution in [0, 0.1) is 5.82 Å². The van der Waals surface area contributed by atoms with E-state index in [-0.39, 0.29) is 6.42 Å². The number of ether oxygens (including phenoxy) is 1. The molecule has 3 rings (SSSR count). The first-order valence-corrected chi connectivity index (χ1v) is 8.26. The molecule has 5 nitrogen and oxygen atoms in total. The minimum absolute atomic E-state index is 0.155. The fourth-order valence-corrected chi connectivity index (χ4v) is 3.30. The number of hydrogen-bond acceptors (Lipinski definition) is 5. The number of hydrogen-bond donors (Lipinski definition) is 2. The van der Waals surface area contributed by atoms with E-state index < -0.39 is 11.8 Å². The van der Waals surface area contributed by atoms with Gasteiger partial charge >= 0.3 is 5.97 Å². The van der Waals surface area contributed by atoms with E-state index in [1.165, 1.54) is 17.4 Å². The summed E-state index contributed by atoms with van der Waals surface area (Å²) in [7, 11) is 1.57. The van der Waals surface area contributed by atoms with Gasteiger partial charge in [0.1, 0.15) is 11.6 Å². The van der Waals surface area contributed by atoms with Crippen molar-refractivity contribution in [3.63, 3.8) is 0 Å². The van der Waals surface area contributed by atoms with Crippen LogP contribution in [0.3, 0.4) is 0 Å². The highest BCUT2D eigenvalue weighted by Crippen LogP contribution is 2.34. The van der Waals surface area contributed by atoms with Crippen molar-refractivity contribution in [2.45, 2.75) is 6.42 Å². The second-order valence-electron chi connectivity index (χ2n) is 5.19. The number of carbonyl (C=O) groups is 1. The lowest BCUT2D eigenvalue weighted by molar-refractivity contribution is -0.136. The summed E-state index contributed by atoms with van der Waals surface area (Å²) in [6.45, 7) is 0. The van der Waals surface area contributed by atoms with Crippen LogP contribution < -0.4 is 10.1 Å². The average molecular weight is 358 g/mol. The molecule has 0 spiro atoms. The SMILES string of the molecule is COc1ccc(-c2nc(Nc3ccccc3F)sc2CC(=O)O)cc1. The molecule has 3 aromatic rings. The highest BCUT2D eigenvalue weighted by molar-refractivity contribution is 7.16. The number of para-hydroxylation sites is 1. The number of benzene rings is 2. The van der Waals surface area contributed by atoms with Gasteiger partial charge in [0.25, 0.3) is 0 Å². The van der Waals surface area contributed by atoms with E-state index in [4.69, 9.17) is 9.84 Å². The lowest BCUT2D eigenvalue weighted by atomic mass is 10.1. The zero-order valence-corrected chi connectivity index (χ0v) is 14.1. The topological polar surface area (TPSA) is 71.5 Å². The molecule has 0 amide bonds. The monoisotopic (exact) mass is 358 g/mol. The predicted molar refractivity (Wildman–Crippen MR) is 95.1 cm³/mol. The molecule has 0 saturated heterocycles. The zero-order valence-electron chi connectivity index (χ0n) is 13.3. The van der Waals surface area contributed by atoms with Crippen LogP contribution in [-0.4, -0.2) is 23.2 Å². The summed E-state index contributed by atoms with van der Waals surface area (Å²) in [5.41, 5.74) is 1.63. The van der Waals surface area contributed by atoms with Gasteiger partial charge in [-0.15, -0.1) is 11.3 Å². The Hall–Kier alpha value is -2.93. The second-order valence-corrected chi connectivity index (χ2v) is 6.28. The lowest BCUT2D eigenvalue weighted by Crippen LogP contribution is -1.99. The molecule has 128 valence electrons. The number of carboxylic acids is 1. The van der Waals surface area contributed by atoms with Crippen LogP contribution in [0.15, 0.2) is 48.5 Å². The van der Waals surface area contributed by atoms with Crippen molar-refractivity contribution in [1.82, 2.24) is 4.98 Å². The quantitative estimate of drug-likeness (QED) is 0.686. The second kappa shape index (κ2) is 7.31. The first-order chi connectivity index (χ1) is 12.1. The summed E-state index contributed by atoms with van der Waals surface area (Å²) in [4.78, 5) is 16.2. The molecule has 0 bridgehead atoms. The smallest absolute Gasteiger partial charge is 0.308 e. The van der Waals surface area contributed by atoms with Crippen LogP contribution in [0.1, 0.15) is 4.88 Å². The third-order valence-corrected chi connectivity index (χ3v) is 4.46. The third-order valence-electron chi connectivity index (χ3n) is 3.49. The molecule has 1 heterocycles. The summed E-state index contributed by atoms with van der Waals surface area (Å²) in [5.74, 6) is -0.650. The van der Waals surface area contributed by atoms with Gasteiger partial charge in [0.05, 0.1) is 24.9 Å². The van der Waals surface area contributed by atoms with Crippen LogP contribution in [0.25, 0.3) is 11.3 Å². The molecule has 0 fully saturated rings. The van der Waals surface area contributed by atoms with E-state index in [2.05, 4.69) is 10.3 Å².